The summed E-state index contributed by atoms with van der Waals surface area (Å²) in [5, 5.41) is 5.77. The summed E-state index contributed by atoms with van der Waals surface area (Å²) in [5.41, 5.74) is 3.18. The van der Waals surface area contributed by atoms with Crippen LogP contribution in [-0.4, -0.2) is 24.5 Å². The standard InChI is InChI=1S/C18H22IN3O/c1-3-22(2)13-15-8-6-7-14(11-15)12-20-18(23)21-17-10-5-4-9-16(17)19/h4-11H,3,12-13H2,1-2H3,(H2,20,21,23). The van der Waals surface area contributed by atoms with Crippen LogP contribution in [0.2, 0.25) is 0 Å². The van der Waals surface area contributed by atoms with Crippen molar-refractivity contribution in [3.63, 3.8) is 0 Å². The van der Waals surface area contributed by atoms with Gasteiger partial charge in [-0.15, -0.1) is 0 Å². The maximum absolute atomic E-state index is 12.0. The highest BCUT2D eigenvalue weighted by atomic mass is 127. The maximum atomic E-state index is 12.0. The van der Waals surface area contributed by atoms with E-state index < -0.39 is 0 Å². The van der Waals surface area contributed by atoms with Gasteiger partial charge in [0.05, 0.1) is 5.69 Å². The number of hydrogen-bond acceptors (Lipinski definition) is 2. The lowest BCUT2D eigenvalue weighted by Gasteiger charge is -2.14. The number of hydrogen-bond donors (Lipinski definition) is 2. The predicted octanol–water partition coefficient (Wildman–Crippen LogP) is 4.06. The highest BCUT2D eigenvalue weighted by Gasteiger charge is 2.05. The molecule has 2 aromatic rings. The molecule has 0 spiro atoms. The van der Waals surface area contributed by atoms with Crippen LogP contribution >= 0.6 is 22.6 Å². The van der Waals surface area contributed by atoms with Gasteiger partial charge >= 0.3 is 6.03 Å². The number of amides is 2. The summed E-state index contributed by atoms with van der Waals surface area (Å²) in [6.45, 7) is 4.58. The minimum absolute atomic E-state index is 0.190. The van der Waals surface area contributed by atoms with Crippen molar-refractivity contribution in [1.29, 1.82) is 0 Å². The van der Waals surface area contributed by atoms with Gasteiger partial charge in [-0.2, -0.15) is 0 Å². The van der Waals surface area contributed by atoms with Crippen molar-refractivity contribution in [2.24, 2.45) is 0 Å². The monoisotopic (exact) mass is 423 g/mol. The number of nitrogens with zero attached hydrogens (tertiary/aromatic N) is 1. The zero-order valence-electron chi connectivity index (χ0n) is 13.5. The molecule has 5 heteroatoms. The second-order valence-electron chi connectivity index (χ2n) is 5.44. The van der Waals surface area contributed by atoms with Crippen molar-refractivity contribution < 1.29 is 4.79 Å². The minimum atomic E-state index is -0.190. The van der Waals surface area contributed by atoms with E-state index >= 15 is 0 Å². The molecule has 0 radical (unpaired) electrons. The molecular weight excluding hydrogens is 401 g/mol. The molecule has 0 aliphatic carbocycles. The summed E-state index contributed by atoms with van der Waals surface area (Å²) in [4.78, 5) is 14.3. The third-order valence-corrected chi connectivity index (χ3v) is 4.50. The van der Waals surface area contributed by atoms with Crippen LogP contribution < -0.4 is 10.6 Å². The normalized spacial score (nSPS) is 10.6. The van der Waals surface area contributed by atoms with Gasteiger partial charge in [0, 0.05) is 16.7 Å². The van der Waals surface area contributed by atoms with E-state index in [9.17, 15) is 4.79 Å². The maximum Gasteiger partial charge on any atom is 0.319 e. The van der Waals surface area contributed by atoms with Crippen molar-refractivity contribution >= 4 is 34.3 Å². The molecule has 23 heavy (non-hydrogen) atoms. The summed E-state index contributed by atoms with van der Waals surface area (Å²) in [5.74, 6) is 0. The van der Waals surface area contributed by atoms with Gasteiger partial charge in [-0.3, -0.25) is 0 Å². The fourth-order valence-corrected chi connectivity index (χ4v) is 2.70. The Balaban J connectivity index is 1.89. The van der Waals surface area contributed by atoms with E-state index in [0.29, 0.717) is 6.54 Å². The molecule has 0 aromatic heterocycles. The predicted molar refractivity (Wildman–Crippen MR) is 103 cm³/mol. The molecule has 0 heterocycles. The molecule has 2 amide bonds. The molecule has 0 fully saturated rings. The van der Waals surface area contributed by atoms with Gasteiger partial charge in [0.2, 0.25) is 0 Å². The molecule has 0 atom stereocenters. The molecule has 0 saturated carbocycles. The van der Waals surface area contributed by atoms with E-state index in [1.165, 1.54) is 5.56 Å². The van der Waals surface area contributed by atoms with E-state index in [1.807, 2.05) is 36.4 Å². The Labute approximate surface area is 151 Å². The Morgan fingerprint density at radius 2 is 1.87 bits per heavy atom. The van der Waals surface area contributed by atoms with Crippen LogP contribution in [0.1, 0.15) is 18.1 Å². The average Bonchev–Trinajstić information content (AvgIpc) is 2.55. The van der Waals surface area contributed by atoms with Gasteiger partial charge in [-0.25, -0.2) is 4.79 Å². The van der Waals surface area contributed by atoms with Crippen LogP contribution in [-0.2, 0) is 13.1 Å². The molecule has 4 nitrogen and oxygen atoms in total. The third-order valence-electron chi connectivity index (χ3n) is 3.56. The van der Waals surface area contributed by atoms with Gasteiger partial charge < -0.3 is 15.5 Å². The summed E-state index contributed by atoms with van der Waals surface area (Å²) in [7, 11) is 2.10. The Morgan fingerprint density at radius 1 is 1.13 bits per heavy atom. The fourth-order valence-electron chi connectivity index (χ4n) is 2.17. The molecule has 0 bridgehead atoms. The second kappa shape index (κ2) is 8.88. The molecule has 0 aliphatic heterocycles. The van der Waals surface area contributed by atoms with Crippen LogP contribution in [0.3, 0.4) is 0 Å². The van der Waals surface area contributed by atoms with Crippen LogP contribution in [0.15, 0.2) is 48.5 Å². The van der Waals surface area contributed by atoms with Crippen LogP contribution in [0.4, 0.5) is 10.5 Å². The van der Waals surface area contributed by atoms with Gasteiger partial charge in [0.1, 0.15) is 0 Å². The first kappa shape index (κ1) is 17.7. The third kappa shape index (κ3) is 5.84. The van der Waals surface area contributed by atoms with E-state index in [1.54, 1.807) is 0 Å². The first-order valence-corrected chi connectivity index (χ1v) is 8.72. The Hall–Kier alpha value is -1.60. The molecule has 0 saturated heterocycles. The van der Waals surface area contributed by atoms with E-state index in [4.69, 9.17) is 0 Å². The molecule has 2 aromatic carbocycles. The molecule has 0 unspecified atom stereocenters. The fraction of sp³-hybridized carbons (Fsp3) is 0.278. The van der Waals surface area contributed by atoms with E-state index in [2.05, 4.69) is 64.2 Å². The van der Waals surface area contributed by atoms with Gasteiger partial charge in [-0.1, -0.05) is 43.3 Å². The van der Waals surface area contributed by atoms with E-state index in [-0.39, 0.29) is 6.03 Å². The number of benzene rings is 2. The zero-order chi connectivity index (χ0) is 16.7. The number of nitrogens with one attached hydrogen (secondary N) is 2. The lowest BCUT2D eigenvalue weighted by molar-refractivity contribution is 0.251. The number of anilines is 1. The van der Waals surface area contributed by atoms with Crippen LogP contribution in [0.5, 0.6) is 0 Å². The highest BCUT2D eigenvalue weighted by Crippen LogP contribution is 2.16. The first-order valence-electron chi connectivity index (χ1n) is 7.64. The van der Waals surface area contributed by atoms with Crippen molar-refractivity contribution in [3.05, 3.63) is 63.2 Å². The van der Waals surface area contributed by atoms with Crippen molar-refractivity contribution in [1.82, 2.24) is 10.2 Å². The number of halogens is 1. The lowest BCUT2D eigenvalue weighted by atomic mass is 10.1. The number of urea groups is 1. The summed E-state index contributed by atoms with van der Waals surface area (Å²) >= 11 is 2.21. The van der Waals surface area contributed by atoms with Gasteiger partial charge in [-0.05, 0) is 59.4 Å². The molecular formula is C18H22IN3O. The molecule has 2 rings (SSSR count). The Morgan fingerprint density at radius 3 is 2.61 bits per heavy atom. The Bertz CT molecular complexity index is 660. The van der Waals surface area contributed by atoms with Crippen molar-refractivity contribution in [2.45, 2.75) is 20.0 Å². The number of rotatable bonds is 6. The molecule has 2 N–H and O–H groups in total. The number of carbonyl (C=O) groups excluding carboxylic acids is 1. The largest absolute Gasteiger partial charge is 0.334 e. The van der Waals surface area contributed by atoms with Crippen LogP contribution in [0.25, 0.3) is 0 Å². The number of carbonyl (C=O) groups is 1. The summed E-state index contributed by atoms with van der Waals surface area (Å²) in [6, 6.07) is 15.8. The Kier molecular flexibility index (Phi) is 6.85. The SMILES string of the molecule is CCN(C)Cc1cccc(CNC(=O)Nc2ccccc2I)c1. The summed E-state index contributed by atoms with van der Waals surface area (Å²) in [6.07, 6.45) is 0. The highest BCUT2D eigenvalue weighted by molar-refractivity contribution is 14.1. The van der Waals surface area contributed by atoms with Crippen LogP contribution in [0, 0.1) is 3.57 Å². The molecule has 122 valence electrons. The lowest BCUT2D eigenvalue weighted by Crippen LogP contribution is -2.28. The molecule has 0 aliphatic rings. The van der Waals surface area contributed by atoms with Gasteiger partial charge in [0.15, 0.2) is 0 Å². The quantitative estimate of drug-likeness (QED) is 0.689. The average molecular weight is 423 g/mol. The minimum Gasteiger partial charge on any atom is -0.334 e. The topological polar surface area (TPSA) is 44.4 Å². The van der Waals surface area contributed by atoms with E-state index in [0.717, 1.165) is 27.9 Å². The first-order chi connectivity index (χ1) is 11.1. The summed E-state index contributed by atoms with van der Waals surface area (Å²) < 4.78 is 1.02. The number of para-hydroxylation sites is 1. The smallest absolute Gasteiger partial charge is 0.319 e. The van der Waals surface area contributed by atoms with Crippen molar-refractivity contribution in [2.75, 3.05) is 18.9 Å². The van der Waals surface area contributed by atoms with Crippen molar-refractivity contribution in [3.8, 4) is 0 Å². The second-order valence-corrected chi connectivity index (χ2v) is 6.60. The van der Waals surface area contributed by atoms with Gasteiger partial charge in [0.25, 0.3) is 0 Å². The zero-order valence-corrected chi connectivity index (χ0v) is 15.6.